The van der Waals surface area contributed by atoms with Gasteiger partial charge in [0, 0.05) is 24.2 Å². The number of amides is 1. The first-order chi connectivity index (χ1) is 17.5. The molecular formula is C27H24N6O3. The Kier molecular flexibility index (Phi) is 6.03. The molecule has 0 unspecified atom stereocenters. The molecule has 0 saturated heterocycles. The van der Waals surface area contributed by atoms with Crippen LogP contribution in [0.15, 0.2) is 73.1 Å². The van der Waals surface area contributed by atoms with Gasteiger partial charge in [0.15, 0.2) is 5.82 Å². The van der Waals surface area contributed by atoms with E-state index in [1.807, 2.05) is 74.8 Å². The number of anilines is 1. The van der Waals surface area contributed by atoms with Crippen LogP contribution in [-0.2, 0) is 11.8 Å². The van der Waals surface area contributed by atoms with Crippen LogP contribution < -0.4 is 5.32 Å². The van der Waals surface area contributed by atoms with Gasteiger partial charge in [-0.05, 0) is 38.1 Å². The zero-order valence-electron chi connectivity index (χ0n) is 20.1. The quantitative estimate of drug-likeness (QED) is 0.358. The molecule has 0 saturated carbocycles. The average Bonchev–Trinajstić information content (AvgIpc) is 3.46. The molecule has 180 valence electrons. The molecule has 0 aliphatic carbocycles. The molecule has 36 heavy (non-hydrogen) atoms. The van der Waals surface area contributed by atoms with E-state index in [-0.39, 0.29) is 18.0 Å². The predicted molar refractivity (Wildman–Crippen MR) is 136 cm³/mol. The number of benzene rings is 2. The first-order valence-electron chi connectivity index (χ1n) is 11.5. The van der Waals surface area contributed by atoms with Crippen molar-refractivity contribution in [3.05, 3.63) is 89.9 Å². The Morgan fingerprint density at radius 2 is 1.78 bits per heavy atom. The van der Waals surface area contributed by atoms with Gasteiger partial charge in [-0.2, -0.15) is 10.2 Å². The number of nitrogens with zero attached hydrogens (tertiary/aromatic N) is 5. The number of pyridine rings is 1. The van der Waals surface area contributed by atoms with Gasteiger partial charge >= 0.3 is 5.97 Å². The highest BCUT2D eigenvalue weighted by Gasteiger charge is 2.23. The van der Waals surface area contributed by atoms with Gasteiger partial charge in [-0.15, -0.1) is 0 Å². The molecule has 9 heteroatoms. The second kappa shape index (κ2) is 9.46. The van der Waals surface area contributed by atoms with Crippen LogP contribution in [0.3, 0.4) is 0 Å². The molecule has 0 atom stereocenters. The normalized spacial score (nSPS) is 11.0. The number of carbonyl (C=O) groups excluding carboxylic acids is 2. The Hall–Kier alpha value is -4.79. The van der Waals surface area contributed by atoms with Gasteiger partial charge in [-0.3, -0.25) is 9.48 Å². The Labute approximate surface area is 207 Å². The number of aryl methyl sites for hydroxylation is 2. The van der Waals surface area contributed by atoms with Gasteiger partial charge in [0.2, 0.25) is 0 Å². The maximum absolute atomic E-state index is 13.8. The number of para-hydroxylation sites is 2. The summed E-state index contributed by atoms with van der Waals surface area (Å²) < 4.78 is 8.43. The van der Waals surface area contributed by atoms with Gasteiger partial charge < -0.3 is 10.1 Å². The van der Waals surface area contributed by atoms with Gasteiger partial charge in [-0.1, -0.05) is 36.4 Å². The molecule has 0 spiro atoms. The Morgan fingerprint density at radius 1 is 1.03 bits per heavy atom. The number of fused-ring (bicyclic) bond motifs is 1. The summed E-state index contributed by atoms with van der Waals surface area (Å²) in [6.07, 6.45) is 3.27. The lowest BCUT2D eigenvalue weighted by molar-refractivity contribution is 0.0527. The molecule has 9 nitrogen and oxygen atoms in total. The van der Waals surface area contributed by atoms with Crippen molar-refractivity contribution in [2.75, 3.05) is 11.9 Å². The smallest absolute Gasteiger partial charge is 0.343 e. The number of carbonyl (C=O) groups is 2. The van der Waals surface area contributed by atoms with Crippen LogP contribution in [-0.4, -0.2) is 43.0 Å². The van der Waals surface area contributed by atoms with E-state index in [2.05, 4.69) is 15.5 Å². The van der Waals surface area contributed by atoms with E-state index >= 15 is 0 Å². The Bertz CT molecular complexity index is 1590. The summed E-state index contributed by atoms with van der Waals surface area (Å²) in [6.45, 7) is 3.82. The summed E-state index contributed by atoms with van der Waals surface area (Å²) in [5, 5.41) is 12.4. The highest BCUT2D eigenvalue weighted by atomic mass is 16.5. The van der Waals surface area contributed by atoms with Crippen molar-refractivity contribution < 1.29 is 14.3 Å². The summed E-state index contributed by atoms with van der Waals surface area (Å²) in [5.41, 5.74) is 4.20. The summed E-state index contributed by atoms with van der Waals surface area (Å²) in [7, 11) is 1.84. The number of hydrogen-bond acceptors (Lipinski definition) is 6. The van der Waals surface area contributed by atoms with Gasteiger partial charge in [0.05, 0.1) is 41.0 Å². The molecule has 0 aliphatic rings. The van der Waals surface area contributed by atoms with Crippen molar-refractivity contribution in [3.63, 3.8) is 0 Å². The molecule has 3 heterocycles. The van der Waals surface area contributed by atoms with Gasteiger partial charge in [-0.25, -0.2) is 14.5 Å². The van der Waals surface area contributed by atoms with Gasteiger partial charge in [0.1, 0.15) is 5.56 Å². The van der Waals surface area contributed by atoms with Crippen LogP contribution in [0, 0.1) is 6.92 Å². The van der Waals surface area contributed by atoms with Gasteiger partial charge in [0.25, 0.3) is 5.91 Å². The van der Waals surface area contributed by atoms with E-state index in [4.69, 9.17) is 9.72 Å². The molecule has 0 bridgehead atoms. The fourth-order valence-electron chi connectivity index (χ4n) is 4.12. The van der Waals surface area contributed by atoms with Crippen molar-refractivity contribution in [3.8, 4) is 16.9 Å². The molecule has 5 aromatic rings. The first kappa shape index (κ1) is 23.0. The SMILES string of the molecule is CCOC(=O)c1cnn(-c2ccccc2)c1NC(=O)c1cc(-c2cn(C)nc2C)nc2ccccc12. The molecule has 2 aromatic carbocycles. The third kappa shape index (κ3) is 4.22. The largest absolute Gasteiger partial charge is 0.462 e. The monoisotopic (exact) mass is 480 g/mol. The third-order valence-corrected chi connectivity index (χ3v) is 5.75. The highest BCUT2D eigenvalue weighted by Crippen LogP contribution is 2.28. The van der Waals surface area contributed by atoms with Crippen molar-refractivity contribution in [2.45, 2.75) is 13.8 Å². The molecule has 5 rings (SSSR count). The molecule has 3 aromatic heterocycles. The maximum Gasteiger partial charge on any atom is 0.343 e. The van der Waals surface area contributed by atoms with Crippen LogP contribution in [0.25, 0.3) is 27.8 Å². The van der Waals surface area contributed by atoms with E-state index in [0.29, 0.717) is 27.8 Å². The second-order valence-corrected chi connectivity index (χ2v) is 8.20. The Morgan fingerprint density at radius 3 is 2.50 bits per heavy atom. The summed E-state index contributed by atoms with van der Waals surface area (Å²) in [6, 6.07) is 18.4. The zero-order chi connectivity index (χ0) is 25.2. The molecule has 0 radical (unpaired) electrons. The average molecular weight is 481 g/mol. The molecule has 0 aliphatic heterocycles. The standard InChI is InChI=1S/C27H24N6O3/c1-4-36-27(35)21-15-28-33(18-10-6-5-7-11-18)25(21)30-26(34)20-14-24(22-16-32(3)31-17(22)2)29-23-13-9-8-12-19(20)23/h5-16H,4H2,1-3H3,(H,30,34). The molecule has 1 N–H and O–H groups in total. The minimum Gasteiger partial charge on any atom is -0.462 e. The number of rotatable bonds is 6. The zero-order valence-corrected chi connectivity index (χ0v) is 20.1. The van der Waals surface area contributed by atoms with Crippen LogP contribution >= 0.6 is 0 Å². The lowest BCUT2D eigenvalue weighted by atomic mass is 10.0. The van der Waals surface area contributed by atoms with E-state index in [1.54, 1.807) is 17.7 Å². The van der Waals surface area contributed by atoms with Crippen molar-refractivity contribution >= 4 is 28.6 Å². The fraction of sp³-hybridized carbons (Fsp3) is 0.148. The van der Waals surface area contributed by atoms with Crippen molar-refractivity contribution in [1.82, 2.24) is 24.5 Å². The van der Waals surface area contributed by atoms with Crippen molar-refractivity contribution in [2.24, 2.45) is 7.05 Å². The maximum atomic E-state index is 13.8. The number of aromatic nitrogens is 5. The fourth-order valence-corrected chi connectivity index (χ4v) is 4.12. The van der Waals surface area contributed by atoms with Crippen molar-refractivity contribution in [1.29, 1.82) is 0 Å². The number of ether oxygens (including phenoxy) is 1. The minimum atomic E-state index is -0.568. The van der Waals surface area contributed by atoms with Crippen LogP contribution in [0.2, 0.25) is 0 Å². The Balaban J connectivity index is 1.63. The van der Waals surface area contributed by atoms with E-state index in [0.717, 1.165) is 11.3 Å². The highest BCUT2D eigenvalue weighted by molar-refractivity contribution is 6.14. The second-order valence-electron chi connectivity index (χ2n) is 8.20. The summed E-state index contributed by atoms with van der Waals surface area (Å²) >= 11 is 0. The molecular weight excluding hydrogens is 456 g/mol. The van der Waals surface area contributed by atoms with E-state index in [9.17, 15) is 9.59 Å². The number of nitrogens with one attached hydrogen (secondary N) is 1. The third-order valence-electron chi connectivity index (χ3n) is 5.75. The minimum absolute atomic E-state index is 0.163. The van der Waals surface area contributed by atoms with E-state index < -0.39 is 11.9 Å². The lowest BCUT2D eigenvalue weighted by Crippen LogP contribution is -2.18. The number of esters is 1. The van der Waals surface area contributed by atoms with Crippen LogP contribution in [0.4, 0.5) is 5.82 Å². The summed E-state index contributed by atoms with van der Waals surface area (Å²) in [5.74, 6) is -0.745. The summed E-state index contributed by atoms with van der Waals surface area (Å²) in [4.78, 5) is 31.2. The van der Waals surface area contributed by atoms with Crippen LogP contribution in [0.5, 0.6) is 0 Å². The lowest BCUT2D eigenvalue weighted by Gasteiger charge is -2.13. The topological polar surface area (TPSA) is 104 Å². The van der Waals surface area contributed by atoms with Crippen LogP contribution in [0.1, 0.15) is 33.3 Å². The first-order valence-corrected chi connectivity index (χ1v) is 11.5. The molecule has 1 amide bonds. The predicted octanol–water partition coefficient (Wildman–Crippen LogP) is 4.56. The van der Waals surface area contributed by atoms with E-state index in [1.165, 1.54) is 10.9 Å². The number of hydrogen-bond donors (Lipinski definition) is 1. The molecule has 0 fully saturated rings.